The van der Waals surface area contributed by atoms with E-state index in [4.69, 9.17) is 18.9 Å². The lowest BCUT2D eigenvalue weighted by Gasteiger charge is -2.35. The molecule has 2 unspecified atom stereocenters. The van der Waals surface area contributed by atoms with Gasteiger partial charge in [-0.2, -0.15) is 13.2 Å². The molecular formula is C37H45F3O6. The van der Waals surface area contributed by atoms with Crippen LogP contribution in [0, 0.1) is 5.92 Å². The van der Waals surface area contributed by atoms with E-state index in [1.807, 2.05) is 49.4 Å². The largest absolute Gasteiger partial charge is 0.494 e. The summed E-state index contributed by atoms with van der Waals surface area (Å²) in [6.07, 6.45) is 0.00333. The van der Waals surface area contributed by atoms with Crippen LogP contribution >= 0.6 is 0 Å². The zero-order valence-corrected chi connectivity index (χ0v) is 26.9. The van der Waals surface area contributed by atoms with Gasteiger partial charge >= 0.3 is 23.9 Å². The molecule has 9 heteroatoms. The molecule has 3 aromatic rings. The zero-order valence-electron chi connectivity index (χ0n) is 26.9. The van der Waals surface area contributed by atoms with E-state index in [2.05, 4.69) is 0 Å². The molecule has 6 nitrogen and oxygen atoms in total. The maximum absolute atomic E-state index is 13.9. The fourth-order valence-electron chi connectivity index (χ4n) is 4.95. The smallest absolute Gasteiger partial charge is 0.455 e. The quantitative estimate of drug-likeness (QED) is 0.0561. The van der Waals surface area contributed by atoms with Gasteiger partial charge in [-0.05, 0) is 73.7 Å². The minimum atomic E-state index is -4.81. The number of carbonyl (C=O) groups is 2. The van der Waals surface area contributed by atoms with E-state index in [0.717, 1.165) is 42.6 Å². The molecule has 0 aliphatic carbocycles. The fourth-order valence-corrected chi connectivity index (χ4v) is 4.95. The monoisotopic (exact) mass is 642 g/mol. The van der Waals surface area contributed by atoms with Crippen molar-refractivity contribution in [1.29, 1.82) is 0 Å². The number of hydrogen-bond acceptors (Lipinski definition) is 6. The maximum Gasteiger partial charge on any atom is 0.455 e. The van der Waals surface area contributed by atoms with E-state index in [0.29, 0.717) is 37.2 Å². The van der Waals surface area contributed by atoms with Gasteiger partial charge in [0.25, 0.3) is 0 Å². The van der Waals surface area contributed by atoms with Crippen LogP contribution in [0.1, 0.15) is 88.9 Å². The number of ether oxygens (including phenoxy) is 4. The van der Waals surface area contributed by atoms with Crippen LogP contribution in [0.3, 0.4) is 0 Å². The molecule has 0 heterocycles. The van der Waals surface area contributed by atoms with Gasteiger partial charge in [0.1, 0.15) is 11.5 Å². The molecule has 2 atom stereocenters. The molecule has 0 bridgehead atoms. The van der Waals surface area contributed by atoms with Gasteiger partial charge in [-0.3, -0.25) is 4.79 Å². The number of para-hydroxylation sites is 1. The summed E-state index contributed by atoms with van der Waals surface area (Å²) in [5, 5.41) is 0. The molecule has 46 heavy (non-hydrogen) atoms. The van der Waals surface area contributed by atoms with Gasteiger partial charge in [0.15, 0.2) is 0 Å². The molecule has 3 aromatic carbocycles. The minimum absolute atomic E-state index is 0.206. The lowest BCUT2D eigenvalue weighted by molar-refractivity contribution is -0.370. The Balaban J connectivity index is 1.36. The number of benzene rings is 3. The topological polar surface area (TPSA) is 71.1 Å². The summed E-state index contributed by atoms with van der Waals surface area (Å²) in [6, 6.07) is 23.8. The molecule has 0 saturated heterocycles. The van der Waals surface area contributed by atoms with Gasteiger partial charge < -0.3 is 18.9 Å². The summed E-state index contributed by atoms with van der Waals surface area (Å²) < 4.78 is 63.1. The summed E-state index contributed by atoms with van der Waals surface area (Å²) in [6.45, 7) is 5.28. The predicted molar refractivity (Wildman–Crippen MR) is 172 cm³/mol. The van der Waals surface area contributed by atoms with Crippen LogP contribution in [0.4, 0.5) is 13.2 Å². The Kier molecular flexibility index (Phi) is 14.6. The Morgan fingerprint density at radius 1 is 0.739 bits per heavy atom. The van der Waals surface area contributed by atoms with Crippen molar-refractivity contribution in [1.82, 2.24) is 0 Å². The van der Waals surface area contributed by atoms with Crippen LogP contribution in [0.15, 0.2) is 78.9 Å². The van der Waals surface area contributed by atoms with Crippen molar-refractivity contribution in [3.63, 3.8) is 0 Å². The van der Waals surface area contributed by atoms with Gasteiger partial charge in [-0.15, -0.1) is 0 Å². The average molecular weight is 643 g/mol. The molecule has 250 valence electrons. The standard InChI is InChI=1S/C37H45F3O6/c1-4-6-13-26-36(44-5-2,37(38,39)40)46-34(41)28(3)15-10-7-8-14-27-43-32-24-22-30(23-25-32)29-18-20-31(21-19-29)35(42)45-33-16-11-9-12-17-33/h9,11-12,16-25,28H,4-8,10,13-15,26-27H2,1-3H3. The first-order valence-electron chi connectivity index (χ1n) is 16.1. The third kappa shape index (κ3) is 11.2. The van der Waals surface area contributed by atoms with Gasteiger partial charge in [0.05, 0.1) is 18.1 Å². The zero-order chi connectivity index (χ0) is 33.4. The van der Waals surface area contributed by atoms with E-state index in [-0.39, 0.29) is 13.0 Å². The first kappa shape index (κ1) is 36.6. The third-order valence-electron chi connectivity index (χ3n) is 7.65. The summed E-state index contributed by atoms with van der Waals surface area (Å²) in [4.78, 5) is 25.0. The second kappa shape index (κ2) is 18.3. The molecule has 0 aliphatic rings. The van der Waals surface area contributed by atoms with E-state index in [9.17, 15) is 22.8 Å². The molecular weight excluding hydrogens is 597 g/mol. The van der Waals surface area contributed by atoms with Crippen molar-refractivity contribution < 1.29 is 41.7 Å². The molecule has 0 N–H and O–H groups in total. The Morgan fingerprint density at radius 2 is 1.37 bits per heavy atom. The second-order valence-corrected chi connectivity index (χ2v) is 11.3. The van der Waals surface area contributed by atoms with Crippen molar-refractivity contribution in [2.75, 3.05) is 13.2 Å². The van der Waals surface area contributed by atoms with Crippen molar-refractivity contribution in [3.8, 4) is 22.6 Å². The highest BCUT2D eigenvalue weighted by Gasteiger charge is 2.59. The van der Waals surface area contributed by atoms with Gasteiger partial charge in [0, 0.05) is 13.0 Å². The van der Waals surface area contributed by atoms with E-state index in [1.165, 1.54) is 6.92 Å². The second-order valence-electron chi connectivity index (χ2n) is 11.3. The third-order valence-corrected chi connectivity index (χ3v) is 7.65. The van der Waals surface area contributed by atoms with Crippen molar-refractivity contribution in [2.45, 2.75) is 90.5 Å². The van der Waals surface area contributed by atoms with Crippen LogP contribution in [0.2, 0.25) is 0 Å². The Morgan fingerprint density at radius 3 is 1.98 bits per heavy atom. The van der Waals surface area contributed by atoms with Gasteiger partial charge in [-0.25, -0.2) is 4.79 Å². The molecule has 0 saturated carbocycles. The SMILES string of the molecule is CCCCCC(OCC)(OC(=O)C(C)CCCCCCOc1ccc(-c2ccc(C(=O)Oc3ccccc3)cc2)cc1)C(F)(F)F. The number of hydrogen-bond donors (Lipinski definition) is 0. The summed E-state index contributed by atoms with van der Waals surface area (Å²) in [7, 11) is 0. The first-order chi connectivity index (χ1) is 22.1. The van der Waals surface area contributed by atoms with E-state index < -0.39 is 36.2 Å². The lowest BCUT2D eigenvalue weighted by Crippen LogP contribution is -2.52. The van der Waals surface area contributed by atoms with Crippen LogP contribution in [0.5, 0.6) is 11.5 Å². The molecule has 0 aromatic heterocycles. The number of esters is 2. The number of carbonyl (C=O) groups excluding carboxylic acids is 2. The highest BCUT2D eigenvalue weighted by molar-refractivity contribution is 5.91. The van der Waals surface area contributed by atoms with Crippen molar-refractivity contribution >= 4 is 11.9 Å². The lowest BCUT2D eigenvalue weighted by atomic mass is 10.0. The Bertz CT molecular complexity index is 1330. The molecule has 0 aliphatic heterocycles. The highest BCUT2D eigenvalue weighted by Crippen LogP contribution is 2.40. The molecule has 0 spiro atoms. The molecule has 3 rings (SSSR count). The van der Waals surface area contributed by atoms with Gasteiger partial charge in [-0.1, -0.05) is 88.4 Å². The predicted octanol–water partition coefficient (Wildman–Crippen LogP) is 9.96. The van der Waals surface area contributed by atoms with Crippen LogP contribution in [-0.2, 0) is 14.3 Å². The number of halogens is 3. The van der Waals surface area contributed by atoms with Crippen LogP contribution in [-0.4, -0.2) is 37.1 Å². The Hall–Kier alpha value is -3.85. The number of rotatable bonds is 19. The Labute approximate surface area is 270 Å². The molecule has 0 radical (unpaired) electrons. The first-order valence-corrected chi connectivity index (χ1v) is 16.1. The normalized spacial score (nSPS) is 13.4. The maximum atomic E-state index is 13.9. The van der Waals surface area contributed by atoms with Crippen LogP contribution in [0.25, 0.3) is 11.1 Å². The van der Waals surface area contributed by atoms with Gasteiger partial charge in [0.2, 0.25) is 0 Å². The highest BCUT2D eigenvalue weighted by atomic mass is 19.4. The summed E-state index contributed by atoms with van der Waals surface area (Å²) in [5.74, 6) is -3.61. The minimum Gasteiger partial charge on any atom is -0.494 e. The fraction of sp³-hybridized carbons (Fsp3) is 0.459. The van der Waals surface area contributed by atoms with Crippen molar-refractivity contribution in [2.24, 2.45) is 5.92 Å². The number of alkyl halides is 3. The molecule has 0 fully saturated rings. The van der Waals surface area contributed by atoms with E-state index in [1.54, 1.807) is 43.3 Å². The van der Waals surface area contributed by atoms with Crippen LogP contribution < -0.4 is 9.47 Å². The van der Waals surface area contributed by atoms with Crippen molar-refractivity contribution in [3.05, 3.63) is 84.4 Å². The molecule has 0 amide bonds. The average Bonchev–Trinajstić information content (AvgIpc) is 3.04. The van der Waals surface area contributed by atoms with E-state index >= 15 is 0 Å². The number of unbranched alkanes of at least 4 members (excludes halogenated alkanes) is 5. The summed E-state index contributed by atoms with van der Waals surface area (Å²) >= 11 is 0. The summed E-state index contributed by atoms with van der Waals surface area (Å²) in [5.41, 5.74) is 2.40.